The second-order valence-corrected chi connectivity index (χ2v) is 5.33. The first kappa shape index (κ1) is 13.9. The Bertz CT molecular complexity index is 492. The second-order valence-electron chi connectivity index (χ2n) is 5.33. The Kier molecular flexibility index (Phi) is 3.85. The molecule has 0 radical (unpaired) electrons. The van der Waals surface area contributed by atoms with Crippen LogP contribution in [0.4, 0.5) is 8.78 Å². The van der Waals surface area contributed by atoms with E-state index >= 15 is 0 Å². The van der Waals surface area contributed by atoms with Crippen LogP contribution in [-0.2, 0) is 11.3 Å². The third kappa shape index (κ3) is 2.76. The van der Waals surface area contributed by atoms with E-state index in [-0.39, 0.29) is 24.1 Å². The molecular weight excluding hydrogens is 250 g/mol. The number of carbonyl (C=O) groups excluding carboxylic acids is 1. The summed E-state index contributed by atoms with van der Waals surface area (Å²) in [5, 5.41) is 2.65. The first-order chi connectivity index (χ1) is 8.93. The van der Waals surface area contributed by atoms with Crippen molar-refractivity contribution in [2.75, 3.05) is 0 Å². The number of amides is 1. The Labute approximate surface area is 111 Å². The standard InChI is InChI=1S/C14H18F2N2O/c1-14(6-2-3-12(14)17)13(19)18-8-9-7-10(15)4-5-11(9)16/h4-5,7,12H,2-3,6,8,17H2,1H3,(H,18,19). The molecule has 5 heteroatoms. The SMILES string of the molecule is CC1(C(=O)NCc2cc(F)ccc2F)CCCC1N. The van der Waals surface area contributed by atoms with Crippen molar-refractivity contribution in [3.63, 3.8) is 0 Å². The molecule has 2 rings (SSSR count). The van der Waals surface area contributed by atoms with Crippen molar-refractivity contribution in [1.29, 1.82) is 0 Å². The zero-order chi connectivity index (χ0) is 14.0. The van der Waals surface area contributed by atoms with E-state index in [1.54, 1.807) is 0 Å². The van der Waals surface area contributed by atoms with Crippen LogP contribution in [0.15, 0.2) is 18.2 Å². The smallest absolute Gasteiger partial charge is 0.227 e. The van der Waals surface area contributed by atoms with Gasteiger partial charge in [-0.3, -0.25) is 4.79 Å². The number of rotatable bonds is 3. The number of hydrogen-bond donors (Lipinski definition) is 2. The lowest BCUT2D eigenvalue weighted by Gasteiger charge is -2.27. The van der Waals surface area contributed by atoms with E-state index in [1.165, 1.54) is 0 Å². The summed E-state index contributed by atoms with van der Waals surface area (Å²) in [6, 6.07) is 3.02. The zero-order valence-corrected chi connectivity index (χ0v) is 10.9. The molecule has 104 valence electrons. The van der Waals surface area contributed by atoms with Gasteiger partial charge in [0.15, 0.2) is 0 Å². The molecule has 1 fully saturated rings. The topological polar surface area (TPSA) is 55.1 Å². The Morgan fingerprint density at radius 3 is 2.89 bits per heavy atom. The van der Waals surface area contributed by atoms with Gasteiger partial charge in [0, 0.05) is 18.2 Å². The lowest BCUT2D eigenvalue weighted by Crippen LogP contribution is -2.47. The van der Waals surface area contributed by atoms with Gasteiger partial charge in [0.2, 0.25) is 5.91 Å². The molecule has 1 aliphatic carbocycles. The van der Waals surface area contributed by atoms with Gasteiger partial charge in [0.25, 0.3) is 0 Å². The fourth-order valence-electron chi connectivity index (χ4n) is 2.53. The number of nitrogens with one attached hydrogen (secondary N) is 1. The molecule has 3 nitrogen and oxygen atoms in total. The van der Waals surface area contributed by atoms with Crippen molar-refractivity contribution in [2.24, 2.45) is 11.1 Å². The summed E-state index contributed by atoms with van der Waals surface area (Å²) in [5.41, 5.74) is 5.48. The molecule has 2 unspecified atom stereocenters. The van der Waals surface area contributed by atoms with Crippen molar-refractivity contribution in [3.8, 4) is 0 Å². The van der Waals surface area contributed by atoms with Gasteiger partial charge in [0.05, 0.1) is 5.41 Å². The van der Waals surface area contributed by atoms with E-state index in [9.17, 15) is 13.6 Å². The summed E-state index contributed by atoms with van der Waals surface area (Å²) >= 11 is 0. The quantitative estimate of drug-likeness (QED) is 0.882. The maximum atomic E-state index is 13.4. The Morgan fingerprint density at radius 1 is 1.53 bits per heavy atom. The van der Waals surface area contributed by atoms with E-state index in [0.717, 1.165) is 37.5 Å². The number of nitrogens with two attached hydrogens (primary N) is 1. The zero-order valence-electron chi connectivity index (χ0n) is 10.9. The number of carbonyl (C=O) groups is 1. The average Bonchev–Trinajstić information content (AvgIpc) is 2.71. The predicted molar refractivity (Wildman–Crippen MR) is 68.1 cm³/mol. The van der Waals surface area contributed by atoms with Crippen molar-refractivity contribution < 1.29 is 13.6 Å². The Hall–Kier alpha value is -1.49. The highest BCUT2D eigenvalue weighted by molar-refractivity contribution is 5.83. The molecule has 1 amide bonds. The van der Waals surface area contributed by atoms with Crippen molar-refractivity contribution >= 4 is 5.91 Å². The van der Waals surface area contributed by atoms with Gasteiger partial charge in [-0.05, 0) is 38.0 Å². The monoisotopic (exact) mass is 268 g/mol. The van der Waals surface area contributed by atoms with Crippen LogP contribution < -0.4 is 11.1 Å². The minimum atomic E-state index is -0.607. The van der Waals surface area contributed by atoms with E-state index in [1.807, 2.05) is 6.92 Å². The second kappa shape index (κ2) is 5.25. The van der Waals surface area contributed by atoms with Crippen LogP contribution >= 0.6 is 0 Å². The molecule has 1 aromatic carbocycles. The average molecular weight is 268 g/mol. The summed E-state index contributed by atoms with van der Waals surface area (Å²) in [6.45, 7) is 1.80. The van der Waals surface area contributed by atoms with Crippen molar-refractivity contribution in [1.82, 2.24) is 5.32 Å². The third-order valence-electron chi connectivity index (χ3n) is 4.00. The van der Waals surface area contributed by atoms with Crippen LogP contribution in [0.3, 0.4) is 0 Å². The minimum absolute atomic E-state index is 0.0231. The van der Waals surface area contributed by atoms with Gasteiger partial charge in [-0.2, -0.15) is 0 Å². The predicted octanol–water partition coefficient (Wildman–Crippen LogP) is 2.10. The highest BCUT2D eigenvalue weighted by atomic mass is 19.1. The van der Waals surface area contributed by atoms with Gasteiger partial charge >= 0.3 is 0 Å². The molecule has 0 spiro atoms. The molecular formula is C14H18F2N2O. The number of hydrogen-bond acceptors (Lipinski definition) is 2. The molecule has 0 heterocycles. The summed E-state index contributed by atoms with van der Waals surface area (Å²) in [4.78, 5) is 12.1. The molecule has 0 aromatic heterocycles. The summed E-state index contributed by atoms with van der Waals surface area (Å²) in [5.74, 6) is -1.24. The first-order valence-corrected chi connectivity index (χ1v) is 6.41. The maximum absolute atomic E-state index is 13.4. The van der Waals surface area contributed by atoms with Crippen LogP contribution in [-0.4, -0.2) is 11.9 Å². The van der Waals surface area contributed by atoms with E-state index in [0.29, 0.717) is 0 Å². The van der Waals surface area contributed by atoms with Crippen LogP contribution in [0.5, 0.6) is 0 Å². The molecule has 0 aliphatic heterocycles. The van der Waals surface area contributed by atoms with E-state index in [2.05, 4.69) is 5.32 Å². The van der Waals surface area contributed by atoms with E-state index < -0.39 is 17.0 Å². The van der Waals surface area contributed by atoms with E-state index in [4.69, 9.17) is 5.73 Å². The van der Waals surface area contributed by atoms with Crippen LogP contribution in [0.2, 0.25) is 0 Å². The molecule has 1 aromatic rings. The Balaban J connectivity index is 2.02. The van der Waals surface area contributed by atoms with Gasteiger partial charge in [-0.25, -0.2) is 8.78 Å². The molecule has 1 aliphatic rings. The molecule has 19 heavy (non-hydrogen) atoms. The van der Waals surface area contributed by atoms with Gasteiger partial charge in [-0.15, -0.1) is 0 Å². The van der Waals surface area contributed by atoms with Crippen LogP contribution in [0, 0.1) is 17.0 Å². The van der Waals surface area contributed by atoms with Gasteiger partial charge in [-0.1, -0.05) is 6.42 Å². The molecule has 2 atom stereocenters. The fourth-order valence-corrected chi connectivity index (χ4v) is 2.53. The van der Waals surface area contributed by atoms with Crippen molar-refractivity contribution in [3.05, 3.63) is 35.4 Å². The molecule has 1 saturated carbocycles. The number of benzene rings is 1. The molecule has 0 saturated heterocycles. The Morgan fingerprint density at radius 2 is 2.26 bits per heavy atom. The maximum Gasteiger partial charge on any atom is 0.227 e. The van der Waals surface area contributed by atoms with Crippen molar-refractivity contribution in [2.45, 2.75) is 38.8 Å². The third-order valence-corrected chi connectivity index (χ3v) is 4.00. The highest BCUT2D eigenvalue weighted by Crippen LogP contribution is 2.36. The van der Waals surface area contributed by atoms with Crippen LogP contribution in [0.1, 0.15) is 31.7 Å². The summed E-state index contributed by atoms with van der Waals surface area (Å²) < 4.78 is 26.4. The molecule has 3 N–H and O–H groups in total. The van der Waals surface area contributed by atoms with Crippen LogP contribution in [0.25, 0.3) is 0 Å². The first-order valence-electron chi connectivity index (χ1n) is 6.41. The summed E-state index contributed by atoms with van der Waals surface area (Å²) in [7, 11) is 0. The molecule has 0 bridgehead atoms. The van der Waals surface area contributed by atoms with Gasteiger partial charge in [0.1, 0.15) is 11.6 Å². The largest absolute Gasteiger partial charge is 0.351 e. The normalized spacial score (nSPS) is 26.4. The fraction of sp³-hybridized carbons (Fsp3) is 0.500. The van der Waals surface area contributed by atoms with Gasteiger partial charge < -0.3 is 11.1 Å². The lowest BCUT2D eigenvalue weighted by atomic mass is 9.84. The minimum Gasteiger partial charge on any atom is -0.351 e. The lowest BCUT2D eigenvalue weighted by molar-refractivity contribution is -0.130. The number of halogens is 2. The summed E-state index contributed by atoms with van der Waals surface area (Å²) in [6.07, 6.45) is 2.46. The highest BCUT2D eigenvalue weighted by Gasteiger charge is 2.42.